The number of carbonyl (C=O) groups is 1. The standard InChI is InChI=1S/C18H20N2OS/c1-20(10-14-11-22-12-19-14)17(21)16-9-18(16)8-4-6-13-5-2-3-7-15(13)18/h2-3,5,7,11-12,16H,4,6,8-10H2,1H3/t16-,18+/m0/s1. The number of carbonyl (C=O) groups excluding carboxylic acids is 1. The van der Waals surface area contributed by atoms with E-state index in [0.29, 0.717) is 6.54 Å². The van der Waals surface area contributed by atoms with Crippen molar-refractivity contribution in [2.75, 3.05) is 7.05 Å². The van der Waals surface area contributed by atoms with Crippen molar-refractivity contribution >= 4 is 17.2 Å². The number of thiazole rings is 1. The minimum absolute atomic E-state index is 0.127. The molecule has 22 heavy (non-hydrogen) atoms. The van der Waals surface area contributed by atoms with Gasteiger partial charge in [-0.25, -0.2) is 4.98 Å². The number of amides is 1. The Morgan fingerprint density at radius 2 is 2.32 bits per heavy atom. The predicted molar refractivity (Wildman–Crippen MR) is 87.8 cm³/mol. The smallest absolute Gasteiger partial charge is 0.226 e. The molecule has 0 aliphatic heterocycles. The van der Waals surface area contributed by atoms with E-state index in [-0.39, 0.29) is 17.2 Å². The molecule has 1 aromatic carbocycles. The second-order valence-corrected chi connectivity index (χ2v) is 7.32. The van der Waals surface area contributed by atoms with Crippen molar-refractivity contribution in [1.82, 2.24) is 9.88 Å². The van der Waals surface area contributed by atoms with Crippen molar-refractivity contribution < 1.29 is 4.79 Å². The van der Waals surface area contributed by atoms with Crippen LogP contribution in [0.5, 0.6) is 0 Å². The van der Waals surface area contributed by atoms with Gasteiger partial charge in [-0.1, -0.05) is 24.3 Å². The van der Waals surface area contributed by atoms with Gasteiger partial charge in [0.2, 0.25) is 5.91 Å². The van der Waals surface area contributed by atoms with Crippen LogP contribution < -0.4 is 0 Å². The Labute approximate surface area is 135 Å². The molecule has 2 aromatic rings. The lowest BCUT2D eigenvalue weighted by atomic mass is 9.78. The first kappa shape index (κ1) is 13.9. The molecule has 1 amide bonds. The summed E-state index contributed by atoms with van der Waals surface area (Å²) in [4.78, 5) is 19.0. The highest BCUT2D eigenvalue weighted by Crippen LogP contribution is 2.60. The van der Waals surface area contributed by atoms with E-state index >= 15 is 0 Å². The van der Waals surface area contributed by atoms with Crippen LogP contribution in [0.1, 0.15) is 36.1 Å². The lowest BCUT2D eigenvalue weighted by molar-refractivity contribution is -0.132. The Bertz CT molecular complexity index is 697. The quantitative estimate of drug-likeness (QED) is 0.870. The average molecular weight is 312 g/mol. The van der Waals surface area contributed by atoms with E-state index < -0.39 is 0 Å². The molecule has 0 N–H and O–H groups in total. The van der Waals surface area contributed by atoms with Crippen LogP contribution in [-0.4, -0.2) is 22.8 Å². The molecule has 4 rings (SSSR count). The highest BCUT2D eigenvalue weighted by Gasteiger charge is 2.60. The Morgan fingerprint density at radius 3 is 3.14 bits per heavy atom. The molecule has 2 aliphatic rings. The highest BCUT2D eigenvalue weighted by atomic mass is 32.1. The second kappa shape index (κ2) is 5.20. The number of benzene rings is 1. The van der Waals surface area contributed by atoms with Gasteiger partial charge in [0.25, 0.3) is 0 Å². The van der Waals surface area contributed by atoms with Crippen LogP contribution >= 0.6 is 11.3 Å². The van der Waals surface area contributed by atoms with Gasteiger partial charge in [0.15, 0.2) is 0 Å². The zero-order valence-electron chi connectivity index (χ0n) is 12.8. The zero-order chi connectivity index (χ0) is 15.2. The summed E-state index contributed by atoms with van der Waals surface area (Å²) in [6, 6.07) is 8.70. The van der Waals surface area contributed by atoms with E-state index in [9.17, 15) is 4.79 Å². The van der Waals surface area contributed by atoms with Gasteiger partial charge in [-0.3, -0.25) is 4.79 Å². The molecule has 1 heterocycles. The molecule has 1 spiro atoms. The van der Waals surface area contributed by atoms with Gasteiger partial charge < -0.3 is 4.90 Å². The van der Waals surface area contributed by atoms with Gasteiger partial charge in [0, 0.05) is 23.8 Å². The van der Waals surface area contributed by atoms with E-state index in [4.69, 9.17) is 0 Å². The predicted octanol–water partition coefficient (Wildman–Crippen LogP) is 3.40. The summed E-state index contributed by atoms with van der Waals surface area (Å²) >= 11 is 1.58. The molecule has 0 unspecified atom stereocenters. The lowest BCUT2D eigenvalue weighted by Crippen LogP contribution is -2.31. The van der Waals surface area contributed by atoms with E-state index in [1.54, 1.807) is 11.3 Å². The summed E-state index contributed by atoms with van der Waals surface area (Å²) in [6.45, 7) is 0.622. The van der Waals surface area contributed by atoms with Crippen LogP contribution in [0.4, 0.5) is 0 Å². The molecule has 0 radical (unpaired) electrons. The van der Waals surface area contributed by atoms with Crippen molar-refractivity contribution in [3.63, 3.8) is 0 Å². The molecule has 3 nitrogen and oxygen atoms in total. The Morgan fingerprint density at radius 1 is 1.45 bits per heavy atom. The monoisotopic (exact) mass is 312 g/mol. The third-order valence-electron chi connectivity index (χ3n) is 5.26. The SMILES string of the molecule is CN(Cc1cscn1)C(=O)[C@@H]1C[C@@]12CCCc1ccccc12. The summed E-state index contributed by atoms with van der Waals surface area (Å²) in [5.41, 5.74) is 5.82. The normalized spacial score (nSPS) is 25.8. The minimum atomic E-state index is 0.127. The van der Waals surface area contributed by atoms with Crippen LogP contribution in [0.3, 0.4) is 0 Å². The first-order chi connectivity index (χ1) is 10.7. The van der Waals surface area contributed by atoms with Crippen molar-refractivity contribution in [2.45, 2.75) is 37.6 Å². The van der Waals surface area contributed by atoms with E-state index in [1.165, 1.54) is 17.5 Å². The van der Waals surface area contributed by atoms with Crippen molar-refractivity contribution in [3.05, 3.63) is 52.0 Å². The molecule has 1 fully saturated rings. The number of aromatic nitrogens is 1. The Kier molecular flexibility index (Phi) is 3.30. The number of fused-ring (bicyclic) bond motifs is 2. The molecule has 0 saturated heterocycles. The summed E-state index contributed by atoms with van der Waals surface area (Å²) in [5.74, 6) is 0.447. The number of hydrogen-bond donors (Lipinski definition) is 0. The molecule has 114 valence electrons. The van der Waals surface area contributed by atoms with Crippen LogP contribution in [0.2, 0.25) is 0 Å². The maximum absolute atomic E-state index is 12.8. The van der Waals surface area contributed by atoms with Crippen molar-refractivity contribution in [3.8, 4) is 0 Å². The average Bonchev–Trinajstić information content (AvgIpc) is 3.00. The lowest BCUT2D eigenvalue weighted by Gasteiger charge is -2.27. The fourth-order valence-electron chi connectivity index (χ4n) is 4.06. The summed E-state index contributed by atoms with van der Waals surface area (Å²) in [7, 11) is 1.91. The second-order valence-electron chi connectivity index (χ2n) is 6.60. The zero-order valence-corrected chi connectivity index (χ0v) is 13.6. The topological polar surface area (TPSA) is 33.2 Å². The first-order valence-corrected chi connectivity index (χ1v) is 8.85. The maximum Gasteiger partial charge on any atom is 0.226 e. The molecule has 1 saturated carbocycles. The van der Waals surface area contributed by atoms with Gasteiger partial charge in [-0.05, 0) is 36.8 Å². The van der Waals surface area contributed by atoms with Gasteiger partial charge in [-0.2, -0.15) is 0 Å². The van der Waals surface area contributed by atoms with Gasteiger partial charge in [0.05, 0.1) is 17.7 Å². The summed E-state index contributed by atoms with van der Waals surface area (Å²) in [6.07, 6.45) is 4.54. The fraction of sp³-hybridized carbons (Fsp3) is 0.444. The molecular weight excluding hydrogens is 292 g/mol. The van der Waals surface area contributed by atoms with E-state index in [2.05, 4.69) is 29.2 Å². The molecule has 0 bridgehead atoms. The summed E-state index contributed by atoms with van der Waals surface area (Å²) < 4.78 is 0. The summed E-state index contributed by atoms with van der Waals surface area (Å²) in [5, 5.41) is 2.02. The molecule has 4 heteroatoms. The molecular formula is C18H20N2OS. The van der Waals surface area contributed by atoms with Crippen LogP contribution in [0.25, 0.3) is 0 Å². The number of rotatable bonds is 3. The van der Waals surface area contributed by atoms with Crippen molar-refractivity contribution in [2.24, 2.45) is 5.92 Å². The maximum atomic E-state index is 12.8. The third-order valence-corrected chi connectivity index (χ3v) is 5.89. The third kappa shape index (κ3) is 2.17. The van der Waals surface area contributed by atoms with Crippen LogP contribution in [0, 0.1) is 5.92 Å². The number of aryl methyl sites for hydroxylation is 1. The minimum Gasteiger partial charge on any atom is -0.340 e. The van der Waals surface area contributed by atoms with Crippen LogP contribution in [0.15, 0.2) is 35.2 Å². The number of nitrogens with zero attached hydrogens (tertiary/aromatic N) is 2. The van der Waals surface area contributed by atoms with E-state index in [1.807, 2.05) is 22.8 Å². The molecule has 2 aliphatic carbocycles. The van der Waals surface area contributed by atoms with Gasteiger partial charge in [-0.15, -0.1) is 11.3 Å². The van der Waals surface area contributed by atoms with Crippen LogP contribution in [-0.2, 0) is 23.2 Å². The highest BCUT2D eigenvalue weighted by molar-refractivity contribution is 7.07. The molecule has 2 atom stereocenters. The van der Waals surface area contributed by atoms with Gasteiger partial charge >= 0.3 is 0 Å². The van der Waals surface area contributed by atoms with E-state index in [0.717, 1.165) is 25.0 Å². The van der Waals surface area contributed by atoms with Crippen molar-refractivity contribution in [1.29, 1.82) is 0 Å². The molecule has 1 aromatic heterocycles. The fourth-order valence-corrected chi connectivity index (χ4v) is 4.61. The largest absolute Gasteiger partial charge is 0.340 e. The Balaban J connectivity index is 1.53. The Hall–Kier alpha value is -1.68. The number of hydrogen-bond acceptors (Lipinski definition) is 3. The first-order valence-electron chi connectivity index (χ1n) is 7.91. The van der Waals surface area contributed by atoms with Gasteiger partial charge in [0.1, 0.15) is 0 Å².